The number of aliphatic hydroxyl groups excluding tert-OH is 1. The average Bonchev–Trinajstić information content (AvgIpc) is 3.76. The van der Waals surface area contributed by atoms with Crippen LogP contribution in [-0.2, 0) is 41.2 Å². The predicted octanol–water partition coefficient (Wildman–Crippen LogP) is 7.30. The van der Waals surface area contributed by atoms with Gasteiger partial charge < -0.3 is 39.3 Å². The van der Waals surface area contributed by atoms with Gasteiger partial charge in [-0.05, 0) is 112 Å². The summed E-state index contributed by atoms with van der Waals surface area (Å²) < 4.78 is 58.3. The lowest BCUT2D eigenvalue weighted by molar-refractivity contribution is -0.144. The molecule has 3 aromatic rings. The third kappa shape index (κ3) is 13.5. The molecule has 0 spiro atoms. The number of Topliss-reactive ketones (excluding diaryl/α,β-unsaturated/α-hetero) is 1. The smallest absolute Gasteiger partial charge is 0.407 e. The second kappa shape index (κ2) is 23.1. The second-order valence-electron chi connectivity index (χ2n) is 18.7. The average molecular weight is 966 g/mol. The number of aliphatic hydroxyl groups is 1. The number of halogens is 3. The Kier molecular flexibility index (Phi) is 18.1. The lowest BCUT2D eigenvalue weighted by atomic mass is 9.85. The molecular formula is C49H62F3N7O8S. The number of nitrogens with one attached hydrogen (secondary N) is 1. The van der Waals surface area contributed by atoms with E-state index in [1.54, 1.807) is 49.2 Å². The Bertz CT molecular complexity index is 2300. The molecule has 2 aliphatic heterocycles. The van der Waals surface area contributed by atoms with Crippen molar-refractivity contribution in [2.45, 2.75) is 109 Å². The van der Waals surface area contributed by atoms with Gasteiger partial charge in [-0.3, -0.25) is 29.1 Å². The number of benzene rings is 2. The summed E-state index contributed by atoms with van der Waals surface area (Å²) in [6.07, 6.45) is -0.237. The number of hydrogen-bond acceptors (Lipinski definition) is 11. The Morgan fingerprint density at radius 1 is 0.971 bits per heavy atom. The first-order chi connectivity index (χ1) is 32.0. The number of rotatable bonds is 22. The molecular weight excluding hydrogens is 904 g/mol. The summed E-state index contributed by atoms with van der Waals surface area (Å²) in [5.41, 5.74) is -1.44. The minimum Gasteiger partial charge on any atom is -0.494 e. The standard InChI is InChI=1S/C49H62F3N7O8S/c1-47(2,3)43(44(63)57-30-36(60)28-40(57)41(61)22-14-32-13-15-35(29-54-32)56(7)8)55-42(62)31-66-25-12-24-65-23-10-9-11-26-67-37-19-16-33(17-20-37)59-46(68)58(45(64)48(59,4)5)34-18-21-39(53-6)38(27-34)49(50,51)52/h13,15-21,27,29,36,40,43,60H,9-12,14,22-26,28,30-31H2,1-5,7-8H3,(H,55,62)/t36-,40+,43-/m1/s1. The molecule has 0 unspecified atom stereocenters. The van der Waals surface area contributed by atoms with E-state index < -0.39 is 64.3 Å². The largest absolute Gasteiger partial charge is 0.494 e. The van der Waals surface area contributed by atoms with E-state index in [4.69, 9.17) is 33.0 Å². The van der Waals surface area contributed by atoms with Crippen LogP contribution in [0.5, 0.6) is 5.75 Å². The van der Waals surface area contributed by atoms with E-state index in [1.807, 2.05) is 51.9 Å². The number of alkyl halides is 3. The molecule has 0 bridgehead atoms. The molecule has 19 heteroatoms. The minimum absolute atomic E-state index is 0.00333. The van der Waals surface area contributed by atoms with Crippen molar-refractivity contribution in [2.24, 2.45) is 5.41 Å². The molecule has 2 aliphatic rings. The number of carbonyl (C=O) groups is 4. The Morgan fingerprint density at radius 3 is 2.26 bits per heavy atom. The highest BCUT2D eigenvalue weighted by molar-refractivity contribution is 7.81. The topological polar surface area (TPSA) is 158 Å². The first-order valence-corrected chi connectivity index (χ1v) is 23.0. The zero-order valence-electron chi connectivity index (χ0n) is 39.7. The Balaban J connectivity index is 0.963. The van der Waals surface area contributed by atoms with Gasteiger partial charge >= 0.3 is 6.18 Å². The summed E-state index contributed by atoms with van der Waals surface area (Å²) in [5, 5.41) is 13.3. The lowest BCUT2D eigenvalue weighted by Crippen LogP contribution is -2.57. The monoisotopic (exact) mass is 965 g/mol. The number of β-amino-alcohol motifs (C(OH)–C–C–N with tert-alkyl or cyclic N) is 1. The molecule has 2 saturated heterocycles. The molecule has 0 aliphatic carbocycles. The Labute approximate surface area is 401 Å². The Morgan fingerprint density at radius 2 is 1.63 bits per heavy atom. The highest BCUT2D eigenvalue weighted by Gasteiger charge is 2.51. The summed E-state index contributed by atoms with van der Waals surface area (Å²) in [6, 6.07) is 12.1. The minimum atomic E-state index is -4.79. The van der Waals surface area contributed by atoms with Crippen LogP contribution in [0.3, 0.4) is 0 Å². The fourth-order valence-electron chi connectivity index (χ4n) is 7.96. The van der Waals surface area contributed by atoms with Crippen molar-refractivity contribution in [3.63, 3.8) is 0 Å². The number of amides is 3. The number of hydrogen-bond donors (Lipinski definition) is 2. The van der Waals surface area contributed by atoms with Crippen LogP contribution in [0.4, 0.5) is 35.9 Å². The summed E-state index contributed by atoms with van der Waals surface area (Å²) in [6.45, 7) is 17.3. The number of aryl methyl sites for hydroxylation is 1. The fraction of sp³-hybridized carbons (Fsp3) is 0.531. The third-order valence-corrected chi connectivity index (χ3v) is 12.1. The second-order valence-corrected chi connectivity index (χ2v) is 19.0. The van der Waals surface area contributed by atoms with Crippen LogP contribution in [0.15, 0.2) is 60.8 Å². The van der Waals surface area contributed by atoms with Crippen molar-refractivity contribution < 1.29 is 51.7 Å². The zero-order chi connectivity index (χ0) is 50.0. The van der Waals surface area contributed by atoms with Gasteiger partial charge in [0.1, 0.15) is 23.9 Å². The number of likely N-dealkylation sites (tertiary alicyclic amines) is 1. The van der Waals surface area contributed by atoms with Gasteiger partial charge in [-0.25, -0.2) is 4.85 Å². The number of aromatic nitrogens is 1. The van der Waals surface area contributed by atoms with Gasteiger partial charge in [0.2, 0.25) is 11.8 Å². The van der Waals surface area contributed by atoms with Gasteiger partial charge in [0.25, 0.3) is 5.91 Å². The van der Waals surface area contributed by atoms with E-state index in [-0.39, 0.29) is 49.2 Å². The highest BCUT2D eigenvalue weighted by Crippen LogP contribution is 2.42. The van der Waals surface area contributed by atoms with Crippen LogP contribution in [0.25, 0.3) is 4.85 Å². The summed E-state index contributed by atoms with van der Waals surface area (Å²) in [4.78, 5) is 67.1. The van der Waals surface area contributed by atoms with Gasteiger partial charge in [0, 0.05) is 70.4 Å². The van der Waals surface area contributed by atoms with Crippen molar-refractivity contribution >= 4 is 63.6 Å². The van der Waals surface area contributed by atoms with Crippen molar-refractivity contribution in [3.8, 4) is 5.75 Å². The van der Waals surface area contributed by atoms with Crippen LogP contribution < -0.4 is 24.8 Å². The number of ketones is 1. The van der Waals surface area contributed by atoms with E-state index in [0.29, 0.717) is 44.1 Å². The normalized spacial score (nSPS) is 17.6. The van der Waals surface area contributed by atoms with Crippen LogP contribution >= 0.6 is 12.2 Å². The van der Waals surface area contributed by atoms with Crippen molar-refractivity contribution in [3.05, 3.63) is 83.5 Å². The van der Waals surface area contributed by atoms with Crippen molar-refractivity contribution in [2.75, 3.05) is 68.4 Å². The van der Waals surface area contributed by atoms with E-state index in [9.17, 15) is 37.5 Å². The van der Waals surface area contributed by atoms with Gasteiger partial charge in [0.05, 0.1) is 42.8 Å². The maximum Gasteiger partial charge on any atom is 0.407 e. The van der Waals surface area contributed by atoms with E-state index in [1.165, 1.54) is 11.0 Å². The molecule has 0 radical (unpaired) electrons. The lowest BCUT2D eigenvalue weighted by Gasteiger charge is -2.35. The molecule has 0 saturated carbocycles. The number of thiocarbonyl (C=S) groups is 1. The van der Waals surface area contributed by atoms with E-state index in [2.05, 4.69) is 15.1 Å². The highest BCUT2D eigenvalue weighted by atomic mass is 32.1. The number of anilines is 3. The van der Waals surface area contributed by atoms with Gasteiger partial charge in [-0.15, -0.1) is 0 Å². The summed E-state index contributed by atoms with van der Waals surface area (Å²) in [5.74, 6) is -0.977. The van der Waals surface area contributed by atoms with Crippen LogP contribution in [0.1, 0.15) is 84.4 Å². The van der Waals surface area contributed by atoms with Crippen LogP contribution in [-0.4, -0.2) is 121 Å². The van der Waals surface area contributed by atoms with Gasteiger partial charge in [-0.1, -0.05) is 26.8 Å². The number of nitrogens with zero attached hydrogens (tertiary/aromatic N) is 6. The maximum absolute atomic E-state index is 13.9. The van der Waals surface area contributed by atoms with E-state index in [0.717, 1.165) is 47.7 Å². The quantitative estimate of drug-likeness (QED) is 0.0589. The predicted molar refractivity (Wildman–Crippen MR) is 256 cm³/mol. The van der Waals surface area contributed by atoms with Crippen LogP contribution in [0.2, 0.25) is 0 Å². The van der Waals surface area contributed by atoms with Gasteiger partial charge in [0.15, 0.2) is 16.6 Å². The molecule has 3 amide bonds. The molecule has 2 aromatic carbocycles. The molecule has 5 rings (SSSR count). The number of carbonyl (C=O) groups excluding carboxylic acids is 4. The van der Waals surface area contributed by atoms with Gasteiger partial charge in [-0.2, -0.15) is 13.2 Å². The first kappa shape index (κ1) is 53.3. The maximum atomic E-state index is 13.9. The number of ether oxygens (including phenoxy) is 3. The molecule has 3 atom stereocenters. The molecule has 1 aromatic heterocycles. The summed E-state index contributed by atoms with van der Waals surface area (Å²) >= 11 is 5.62. The fourth-order valence-corrected chi connectivity index (χ4v) is 8.49. The Hall–Kier alpha value is -5.68. The molecule has 368 valence electrons. The first-order valence-electron chi connectivity index (χ1n) is 22.6. The number of unbranched alkanes of at least 4 members (excludes halogenated alkanes) is 2. The van der Waals surface area contributed by atoms with Crippen molar-refractivity contribution in [1.82, 2.24) is 15.2 Å². The van der Waals surface area contributed by atoms with Crippen molar-refractivity contribution in [1.29, 1.82) is 0 Å². The molecule has 2 fully saturated rings. The molecule has 2 N–H and O–H groups in total. The SMILES string of the molecule is [C-]#[N+]c1ccc(N2C(=O)C(C)(C)N(c3ccc(OCCCCCOCCCOCC(=O)N[C@H](C(=O)N4C[C@H](O)C[C@H]4C(=O)CCc4ccc(N(C)C)cn4)C(C)(C)C)cc3)C2=S)cc1C(F)(F)F. The molecule has 3 heterocycles. The van der Waals surface area contributed by atoms with E-state index >= 15 is 0 Å². The summed E-state index contributed by atoms with van der Waals surface area (Å²) in [7, 11) is 3.83. The zero-order valence-corrected chi connectivity index (χ0v) is 40.5. The third-order valence-electron chi connectivity index (χ3n) is 11.7. The molecule has 15 nitrogen and oxygen atoms in total. The van der Waals surface area contributed by atoms with Crippen LogP contribution in [0, 0.1) is 12.0 Å². The molecule has 68 heavy (non-hydrogen) atoms. The number of pyridine rings is 1.